The van der Waals surface area contributed by atoms with Crippen LogP contribution in [-0.4, -0.2) is 16.7 Å². The third kappa shape index (κ3) is 1.98. The summed E-state index contributed by atoms with van der Waals surface area (Å²) in [5.74, 6) is 0.715. The third-order valence-electron chi connectivity index (χ3n) is 2.82. The first-order chi connectivity index (χ1) is 6.77. The molecule has 0 radical (unpaired) electrons. The molecular formula is C11H19N3. The standard InChI is InChI=1S/C11H19N3/c1-8(2)6-12-10-4-3-5-11-9(10)7-13-14-11/h7-8,10,12H,3-6H2,1-2H3,(H,13,14). The van der Waals surface area contributed by atoms with Gasteiger partial charge < -0.3 is 5.32 Å². The molecule has 1 aliphatic carbocycles. The molecule has 1 aromatic heterocycles. The zero-order chi connectivity index (χ0) is 9.97. The van der Waals surface area contributed by atoms with E-state index in [1.54, 1.807) is 0 Å². The van der Waals surface area contributed by atoms with Crippen LogP contribution in [0.2, 0.25) is 0 Å². The number of nitrogens with zero attached hydrogens (tertiary/aromatic N) is 1. The van der Waals surface area contributed by atoms with Gasteiger partial charge in [0.1, 0.15) is 0 Å². The average molecular weight is 193 g/mol. The lowest BCUT2D eigenvalue weighted by Gasteiger charge is -2.23. The molecule has 0 aromatic carbocycles. The van der Waals surface area contributed by atoms with Crippen LogP contribution in [0.4, 0.5) is 0 Å². The molecule has 0 spiro atoms. The minimum Gasteiger partial charge on any atom is -0.310 e. The number of aromatic amines is 1. The maximum absolute atomic E-state index is 4.12. The molecule has 0 amide bonds. The van der Waals surface area contributed by atoms with Crippen molar-refractivity contribution in [2.45, 2.75) is 39.2 Å². The molecule has 0 saturated carbocycles. The van der Waals surface area contributed by atoms with Gasteiger partial charge in [0, 0.05) is 17.3 Å². The van der Waals surface area contributed by atoms with Crippen molar-refractivity contribution in [2.24, 2.45) is 5.92 Å². The van der Waals surface area contributed by atoms with Crippen LogP contribution in [0.3, 0.4) is 0 Å². The van der Waals surface area contributed by atoms with Gasteiger partial charge in [-0.1, -0.05) is 13.8 Å². The molecule has 1 aliphatic rings. The van der Waals surface area contributed by atoms with Crippen molar-refractivity contribution in [2.75, 3.05) is 6.54 Å². The third-order valence-corrected chi connectivity index (χ3v) is 2.82. The maximum atomic E-state index is 4.12. The minimum atomic E-state index is 0.528. The van der Waals surface area contributed by atoms with E-state index < -0.39 is 0 Å². The van der Waals surface area contributed by atoms with Crippen LogP contribution < -0.4 is 5.32 Å². The number of hydrogen-bond donors (Lipinski definition) is 2. The van der Waals surface area contributed by atoms with E-state index in [2.05, 4.69) is 29.4 Å². The van der Waals surface area contributed by atoms with Gasteiger partial charge in [-0.25, -0.2) is 0 Å². The van der Waals surface area contributed by atoms with E-state index in [1.165, 1.54) is 24.1 Å². The topological polar surface area (TPSA) is 40.7 Å². The van der Waals surface area contributed by atoms with Gasteiger partial charge >= 0.3 is 0 Å². The number of aryl methyl sites for hydroxylation is 1. The number of aromatic nitrogens is 2. The van der Waals surface area contributed by atoms with Crippen molar-refractivity contribution in [3.05, 3.63) is 17.5 Å². The molecule has 0 aliphatic heterocycles. The molecule has 1 unspecified atom stereocenters. The minimum absolute atomic E-state index is 0.528. The zero-order valence-corrected chi connectivity index (χ0v) is 9.01. The second-order valence-electron chi connectivity index (χ2n) is 4.55. The summed E-state index contributed by atoms with van der Waals surface area (Å²) in [6.45, 7) is 5.58. The van der Waals surface area contributed by atoms with E-state index in [1.807, 2.05) is 6.20 Å². The van der Waals surface area contributed by atoms with Crippen LogP contribution in [0.1, 0.15) is 44.0 Å². The second kappa shape index (κ2) is 4.13. The normalized spacial score (nSPS) is 21.2. The van der Waals surface area contributed by atoms with Crippen LogP contribution >= 0.6 is 0 Å². The van der Waals surface area contributed by atoms with Gasteiger partial charge in [0.25, 0.3) is 0 Å². The van der Waals surface area contributed by atoms with Crippen LogP contribution in [0.25, 0.3) is 0 Å². The molecule has 3 nitrogen and oxygen atoms in total. The Morgan fingerprint density at radius 2 is 2.50 bits per heavy atom. The van der Waals surface area contributed by atoms with Crippen molar-refractivity contribution < 1.29 is 0 Å². The van der Waals surface area contributed by atoms with Gasteiger partial charge in [-0.05, 0) is 31.7 Å². The summed E-state index contributed by atoms with van der Waals surface area (Å²) in [6.07, 6.45) is 5.66. The number of H-pyrrole nitrogens is 1. The molecule has 2 rings (SSSR count). The van der Waals surface area contributed by atoms with Gasteiger partial charge in [-0.15, -0.1) is 0 Å². The van der Waals surface area contributed by atoms with Gasteiger partial charge in [0.05, 0.1) is 6.20 Å². The molecular weight excluding hydrogens is 174 g/mol. The summed E-state index contributed by atoms with van der Waals surface area (Å²) in [5.41, 5.74) is 2.72. The van der Waals surface area contributed by atoms with E-state index in [0.29, 0.717) is 12.0 Å². The first kappa shape index (κ1) is 9.71. The SMILES string of the molecule is CC(C)CNC1CCCc2[nH]ncc21. The maximum Gasteiger partial charge on any atom is 0.0538 e. The van der Waals surface area contributed by atoms with Crippen LogP contribution in [0.15, 0.2) is 6.20 Å². The zero-order valence-electron chi connectivity index (χ0n) is 9.01. The number of nitrogens with one attached hydrogen (secondary N) is 2. The largest absolute Gasteiger partial charge is 0.310 e. The van der Waals surface area contributed by atoms with E-state index >= 15 is 0 Å². The van der Waals surface area contributed by atoms with Crippen molar-refractivity contribution in [3.63, 3.8) is 0 Å². The van der Waals surface area contributed by atoms with Crippen molar-refractivity contribution >= 4 is 0 Å². The second-order valence-corrected chi connectivity index (χ2v) is 4.55. The van der Waals surface area contributed by atoms with Crippen LogP contribution in [0.5, 0.6) is 0 Å². The van der Waals surface area contributed by atoms with Crippen molar-refractivity contribution in [1.29, 1.82) is 0 Å². The van der Waals surface area contributed by atoms with Gasteiger partial charge in [0.2, 0.25) is 0 Å². The summed E-state index contributed by atoms with van der Waals surface area (Å²) in [7, 11) is 0. The van der Waals surface area contributed by atoms with Crippen LogP contribution in [-0.2, 0) is 6.42 Å². The smallest absolute Gasteiger partial charge is 0.0538 e. The van der Waals surface area contributed by atoms with Gasteiger partial charge in [0.15, 0.2) is 0 Å². The Labute approximate surface area is 85.3 Å². The first-order valence-electron chi connectivity index (χ1n) is 5.53. The lowest BCUT2D eigenvalue weighted by atomic mass is 9.93. The quantitative estimate of drug-likeness (QED) is 0.771. The first-order valence-corrected chi connectivity index (χ1v) is 5.53. The number of hydrogen-bond acceptors (Lipinski definition) is 2. The molecule has 0 bridgehead atoms. The number of fused-ring (bicyclic) bond motifs is 1. The van der Waals surface area contributed by atoms with E-state index in [4.69, 9.17) is 0 Å². The molecule has 2 N–H and O–H groups in total. The summed E-state index contributed by atoms with van der Waals surface area (Å²) in [4.78, 5) is 0. The highest BCUT2D eigenvalue weighted by Gasteiger charge is 2.21. The molecule has 0 saturated heterocycles. The summed E-state index contributed by atoms with van der Waals surface area (Å²) < 4.78 is 0. The lowest BCUT2D eigenvalue weighted by Crippen LogP contribution is -2.27. The Morgan fingerprint density at radius 3 is 3.29 bits per heavy atom. The Morgan fingerprint density at radius 1 is 1.64 bits per heavy atom. The Balaban J connectivity index is 2.01. The van der Waals surface area contributed by atoms with E-state index in [9.17, 15) is 0 Å². The molecule has 3 heteroatoms. The van der Waals surface area contributed by atoms with E-state index in [0.717, 1.165) is 13.0 Å². The molecule has 14 heavy (non-hydrogen) atoms. The average Bonchev–Trinajstić information content (AvgIpc) is 2.62. The fraction of sp³-hybridized carbons (Fsp3) is 0.727. The molecule has 1 atom stereocenters. The van der Waals surface area contributed by atoms with Crippen molar-refractivity contribution in [3.8, 4) is 0 Å². The Kier molecular flexibility index (Phi) is 2.87. The summed E-state index contributed by atoms with van der Waals surface area (Å²) in [5, 5.41) is 10.8. The highest BCUT2D eigenvalue weighted by atomic mass is 15.1. The van der Waals surface area contributed by atoms with E-state index in [-0.39, 0.29) is 0 Å². The Hall–Kier alpha value is -0.830. The molecule has 0 fully saturated rings. The predicted octanol–water partition coefficient (Wildman–Crippen LogP) is 2.03. The van der Waals surface area contributed by atoms with Crippen LogP contribution in [0, 0.1) is 5.92 Å². The lowest BCUT2D eigenvalue weighted by molar-refractivity contribution is 0.426. The molecule has 1 heterocycles. The predicted molar refractivity (Wildman–Crippen MR) is 57.1 cm³/mol. The summed E-state index contributed by atoms with van der Waals surface area (Å²) in [6, 6.07) is 0.528. The fourth-order valence-electron chi connectivity index (χ4n) is 2.05. The van der Waals surface area contributed by atoms with Crippen molar-refractivity contribution in [1.82, 2.24) is 15.5 Å². The highest BCUT2D eigenvalue weighted by Crippen LogP contribution is 2.27. The molecule has 78 valence electrons. The monoisotopic (exact) mass is 193 g/mol. The van der Waals surface area contributed by atoms with Gasteiger partial charge in [-0.2, -0.15) is 5.10 Å². The summed E-state index contributed by atoms with van der Waals surface area (Å²) >= 11 is 0. The fourth-order valence-corrected chi connectivity index (χ4v) is 2.05. The molecule has 1 aromatic rings. The Bertz CT molecular complexity index is 290. The number of rotatable bonds is 3. The highest BCUT2D eigenvalue weighted by molar-refractivity contribution is 5.23. The van der Waals surface area contributed by atoms with Gasteiger partial charge in [-0.3, -0.25) is 5.10 Å².